The lowest BCUT2D eigenvalue weighted by molar-refractivity contribution is -0.137. The first kappa shape index (κ1) is 21.4. The Kier molecular flexibility index (Phi) is 5.70. The third-order valence-electron chi connectivity index (χ3n) is 8.03. The van der Waals surface area contributed by atoms with Crippen LogP contribution in [0.4, 0.5) is 4.79 Å². The number of amides is 4. The predicted molar refractivity (Wildman–Crippen MR) is 121 cm³/mol. The third kappa shape index (κ3) is 4.03. The van der Waals surface area contributed by atoms with E-state index >= 15 is 0 Å². The topological polar surface area (TPSA) is 73.0 Å². The molecule has 0 bridgehead atoms. The van der Waals surface area contributed by atoms with E-state index in [0.29, 0.717) is 44.7 Å². The molecule has 1 aromatic rings. The van der Waals surface area contributed by atoms with Gasteiger partial charge in [-0.2, -0.15) is 0 Å². The van der Waals surface area contributed by atoms with Crippen LogP contribution in [0.2, 0.25) is 0 Å². The summed E-state index contributed by atoms with van der Waals surface area (Å²) in [7, 11) is 0. The molecular formula is C25H34N4O3. The first-order valence-corrected chi connectivity index (χ1v) is 12.2. The van der Waals surface area contributed by atoms with Gasteiger partial charge < -0.3 is 15.1 Å². The molecule has 7 nitrogen and oxygen atoms in total. The Balaban J connectivity index is 1.14. The number of benzene rings is 1. The molecular weight excluding hydrogens is 404 g/mol. The molecule has 1 saturated carbocycles. The Hall–Kier alpha value is -2.41. The van der Waals surface area contributed by atoms with Gasteiger partial charge in [0.05, 0.1) is 0 Å². The highest BCUT2D eigenvalue weighted by Gasteiger charge is 2.54. The van der Waals surface area contributed by atoms with Crippen LogP contribution in [0, 0.1) is 11.8 Å². The van der Waals surface area contributed by atoms with E-state index < -0.39 is 5.54 Å². The Bertz CT molecular complexity index is 872. The van der Waals surface area contributed by atoms with Gasteiger partial charge in [-0.1, -0.05) is 37.3 Å². The van der Waals surface area contributed by atoms with Crippen molar-refractivity contribution in [3.05, 3.63) is 35.9 Å². The Morgan fingerprint density at radius 1 is 1.06 bits per heavy atom. The zero-order chi connectivity index (χ0) is 22.3. The van der Waals surface area contributed by atoms with Crippen molar-refractivity contribution in [1.82, 2.24) is 20.0 Å². The van der Waals surface area contributed by atoms with Crippen molar-refractivity contribution in [2.75, 3.05) is 32.7 Å². The highest BCUT2D eigenvalue weighted by atomic mass is 16.2. The van der Waals surface area contributed by atoms with Crippen LogP contribution in [0.1, 0.15) is 44.6 Å². The molecule has 32 heavy (non-hydrogen) atoms. The van der Waals surface area contributed by atoms with Gasteiger partial charge in [0.1, 0.15) is 5.54 Å². The van der Waals surface area contributed by atoms with Crippen LogP contribution in [-0.2, 0) is 16.0 Å². The number of hydrogen-bond donors (Lipinski definition) is 1. The highest BCUT2D eigenvalue weighted by molar-refractivity contribution is 6.07. The molecule has 0 radical (unpaired) electrons. The van der Waals surface area contributed by atoms with Gasteiger partial charge in [0.15, 0.2) is 0 Å². The van der Waals surface area contributed by atoms with Crippen molar-refractivity contribution in [2.45, 2.75) is 57.0 Å². The van der Waals surface area contributed by atoms with E-state index in [4.69, 9.17) is 0 Å². The summed E-state index contributed by atoms with van der Waals surface area (Å²) in [4.78, 5) is 44.5. The van der Waals surface area contributed by atoms with E-state index in [2.05, 4.69) is 41.4 Å². The second-order valence-electron chi connectivity index (χ2n) is 10.1. The fourth-order valence-corrected chi connectivity index (χ4v) is 5.65. The second kappa shape index (κ2) is 8.50. The van der Waals surface area contributed by atoms with E-state index in [9.17, 15) is 14.4 Å². The lowest BCUT2D eigenvalue weighted by Gasteiger charge is -2.39. The number of hydrogen-bond acceptors (Lipinski definition) is 4. The van der Waals surface area contributed by atoms with Gasteiger partial charge in [0, 0.05) is 44.7 Å². The number of urea groups is 1. The number of piperidine rings is 2. The fourth-order valence-electron chi connectivity index (χ4n) is 5.65. The summed E-state index contributed by atoms with van der Waals surface area (Å²) in [6.45, 7) is 6.01. The SMILES string of the molecule is C[C@@H]1C[C@H]1C(=O)N1CCC(N2C(=O)NC3(CCN(CCc4ccccc4)CC3)C2=O)CC1. The van der Waals surface area contributed by atoms with Gasteiger partial charge in [0.25, 0.3) is 5.91 Å². The maximum Gasteiger partial charge on any atom is 0.325 e. The van der Waals surface area contributed by atoms with E-state index in [-0.39, 0.29) is 29.8 Å². The average molecular weight is 439 g/mol. The minimum Gasteiger partial charge on any atom is -0.342 e. The molecule has 1 N–H and O–H groups in total. The standard InChI is InChI=1S/C25H34N4O3/c1-18-17-21(18)22(30)28-13-8-20(9-14-28)29-23(31)25(26-24(29)32)10-15-27(16-11-25)12-7-19-5-3-2-4-6-19/h2-6,18,20-21H,7-17H2,1H3,(H,26,32)/t18-,21-/m1/s1. The molecule has 4 amide bonds. The molecule has 7 heteroatoms. The first-order chi connectivity index (χ1) is 15.5. The second-order valence-corrected chi connectivity index (χ2v) is 10.1. The van der Waals surface area contributed by atoms with E-state index in [1.165, 1.54) is 10.5 Å². The molecule has 1 aliphatic carbocycles. The minimum absolute atomic E-state index is 0.0502. The van der Waals surface area contributed by atoms with Crippen molar-refractivity contribution in [3.63, 3.8) is 0 Å². The summed E-state index contributed by atoms with van der Waals surface area (Å²) < 4.78 is 0. The summed E-state index contributed by atoms with van der Waals surface area (Å²) in [5, 5.41) is 3.06. The molecule has 3 saturated heterocycles. The van der Waals surface area contributed by atoms with Gasteiger partial charge in [-0.15, -0.1) is 0 Å². The third-order valence-corrected chi connectivity index (χ3v) is 8.03. The van der Waals surface area contributed by atoms with Gasteiger partial charge in [-0.05, 0) is 50.0 Å². The number of imide groups is 1. The lowest BCUT2D eigenvalue weighted by Crippen LogP contribution is -2.56. The lowest BCUT2D eigenvalue weighted by atomic mass is 9.86. The average Bonchev–Trinajstić information content (AvgIpc) is 3.50. The molecule has 2 atom stereocenters. The molecule has 4 fully saturated rings. The van der Waals surface area contributed by atoms with Crippen molar-refractivity contribution in [1.29, 1.82) is 0 Å². The van der Waals surface area contributed by atoms with Crippen LogP contribution < -0.4 is 5.32 Å². The normalized spacial score (nSPS) is 28.3. The van der Waals surface area contributed by atoms with Crippen LogP contribution in [0.5, 0.6) is 0 Å². The van der Waals surface area contributed by atoms with Gasteiger partial charge in [0.2, 0.25) is 5.91 Å². The number of nitrogens with zero attached hydrogens (tertiary/aromatic N) is 3. The smallest absolute Gasteiger partial charge is 0.325 e. The van der Waals surface area contributed by atoms with E-state index in [0.717, 1.165) is 32.5 Å². The summed E-state index contributed by atoms with van der Waals surface area (Å²) in [6.07, 6.45) is 4.70. The van der Waals surface area contributed by atoms with Gasteiger partial charge >= 0.3 is 6.03 Å². The molecule has 1 spiro atoms. The van der Waals surface area contributed by atoms with Crippen LogP contribution in [0.25, 0.3) is 0 Å². The molecule has 5 rings (SSSR count). The summed E-state index contributed by atoms with van der Waals surface area (Å²) in [5.41, 5.74) is 0.585. The zero-order valence-corrected chi connectivity index (χ0v) is 19.0. The maximum atomic E-state index is 13.4. The Labute approximate surface area is 190 Å². The molecule has 0 unspecified atom stereocenters. The highest BCUT2D eigenvalue weighted by Crippen LogP contribution is 2.40. The van der Waals surface area contributed by atoms with Crippen molar-refractivity contribution >= 4 is 17.8 Å². The largest absolute Gasteiger partial charge is 0.342 e. The Morgan fingerprint density at radius 3 is 2.34 bits per heavy atom. The van der Waals surface area contributed by atoms with Crippen LogP contribution in [-0.4, -0.2) is 76.8 Å². The number of rotatable bonds is 5. The van der Waals surface area contributed by atoms with E-state index in [1.807, 2.05) is 11.0 Å². The number of likely N-dealkylation sites (tertiary alicyclic amines) is 2. The monoisotopic (exact) mass is 438 g/mol. The molecule has 3 aliphatic heterocycles. The molecule has 3 heterocycles. The van der Waals surface area contributed by atoms with Crippen LogP contribution >= 0.6 is 0 Å². The van der Waals surface area contributed by atoms with Crippen molar-refractivity contribution < 1.29 is 14.4 Å². The summed E-state index contributed by atoms with van der Waals surface area (Å²) >= 11 is 0. The summed E-state index contributed by atoms with van der Waals surface area (Å²) in [6, 6.07) is 10.1. The molecule has 4 aliphatic rings. The quantitative estimate of drug-likeness (QED) is 0.716. The number of carbonyl (C=O) groups excluding carboxylic acids is 3. The fraction of sp³-hybridized carbons (Fsp3) is 0.640. The maximum absolute atomic E-state index is 13.4. The van der Waals surface area contributed by atoms with Gasteiger partial charge in [-0.25, -0.2) is 4.79 Å². The van der Waals surface area contributed by atoms with E-state index in [1.54, 1.807) is 0 Å². The number of nitrogens with one attached hydrogen (secondary N) is 1. The van der Waals surface area contributed by atoms with Crippen molar-refractivity contribution in [3.8, 4) is 0 Å². The molecule has 0 aromatic heterocycles. The van der Waals surface area contributed by atoms with Crippen LogP contribution in [0.15, 0.2) is 30.3 Å². The summed E-state index contributed by atoms with van der Waals surface area (Å²) in [5.74, 6) is 0.904. The van der Waals surface area contributed by atoms with Gasteiger partial charge in [-0.3, -0.25) is 14.5 Å². The molecule has 172 valence electrons. The first-order valence-electron chi connectivity index (χ1n) is 12.2. The Morgan fingerprint density at radius 2 is 1.72 bits per heavy atom. The van der Waals surface area contributed by atoms with Crippen molar-refractivity contribution in [2.24, 2.45) is 11.8 Å². The predicted octanol–water partition coefficient (Wildman–Crippen LogP) is 2.26. The zero-order valence-electron chi connectivity index (χ0n) is 19.0. The minimum atomic E-state index is -0.739. The molecule has 1 aromatic carbocycles. The number of carbonyl (C=O) groups is 3. The van der Waals surface area contributed by atoms with Crippen LogP contribution in [0.3, 0.4) is 0 Å².